The Labute approximate surface area is 146 Å². The molecule has 2 aliphatic rings. The summed E-state index contributed by atoms with van der Waals surface area (Å²) in [6.07, 6.45) is 2.18. The lowest BCUT2D eigenvalue weighted by Gasteiger charge is -2.26. The van der Waals surface area contributed by atoms with Gasteiger partial charge in [-0.15, -0.1) is 0 Å². The highest BCUT2D eigenvalue weighted by molar-refractivity contribution is 5.98. The monoisotopic (exact) mass is 346 g/mol. The minimum atomic E-state index is -1.05. The molecule has 2 N–H and O–H groups in total. The zero-order valence-electron chi connectivity index (χ0n) is 13.9. The molecule has 0 spiro atoms. The topological polar surface area (TPSA) is 95.9 Å². The van der Waals surface area contributed by atoms with Crippen LogP contribution in [0.15, 0.2) is 24.3 Å². The molecule has 1 aromatic rings. The van der Waals surface area contributed by atoms with Crippen molar-refractivity contribution in [1.29, 1.82) is 0 Å². The van der Waals surface area contributed by atoms with Crippen molar-refractivity contribution in [2.24, 2.45) is 0 Å². The van der Waals surface area contributed by atoms with E-state index in [0.717, 1.165) is 32.4 Å². The summed E-state index contributed by atoms with van der Waals surface area (Å²) in [5.74, 6) is -1.46. The number of anilines is 1. The van der Waals surface area contributed by atoms with Crippen molar-refractivity contribution in [3.8, 4) is 0 Å². The van der Waals surface area contributed by atoms with E-state index < -0.39 is 18.2 Å². The molecular weight excluding hydrogens is 324 g/mol. The Morgan fingerprint density at radius 1 is 1.08 bits per heavy atom. The second kappa shape index (κ2) is 7.65. The normalized spacial score (nSPS) is 23.3. The second-order valence-electron chi connectivity index (χ2n) is 6.45. The number of carbonyl (C=O) groups is 3. The summed E-state index contributed by atoms with van der Waals surface area (Å²) in [4.78, 5) is 37.5. The van der Waals surface area contributed by atoms with Gasteiger partial charge in [-0.25, -0.2) is 4.79 Å². The lowest BCUT2D eigenvalue weighted by atomic mass is 10.1. The van der Waals surface area contributed by atoms with Gasteiger partial charge < -0.3 is 20.1 Å². The highest BCUT2D eigenvalue weighted by Crippen LogP contribution is 2.22. The van der Waals surface area contributed by atoms with Crippen molar-refractivity contribution >= 4 is 23.5 Å². The lowest BCUT2D eigenvalue weighted by molar-refractivity contribution is -0.150. The molecule has 7 heteroatoms. The van der Waals surface area contributed by atoms with Crippen molar-refractivity contribution < 1.29 is 24.2 Å². The summed E-state index contributed by atoms with van der Waals surface area (Å²) in [5, 5.41) is 11.6. The molecule has 2 amide bonds. The number of rotatable bonds is 4. The Bertz CT molecular complexity index is 669. The number of nitrogens with zero attached hydrogens (tertiary/aromatic N) is 1. The third-order valence-corrected chi connectivity index (χ3v) is 4.61. The van der Waals surface area contributed by atoms with Gasteiger partial charge in [0.2, 0.25) is 0 Å². The Morgan fingerprint density at radius 3 is 2.48 bits per heavy atom. The Morgan fingerprint density at radius 2 is 1.80 bits per heavy atom. The number of piperidine rings is 1. The number of aliphatic carboxylic acids is 1. The van der Waals surface area contributed by atoms with Gasteiger partial charge in [-0.1, -0.05) is 6.07 Å². The molecule has 1 aromatic carbocycles. The number of carboxylic acid groups (broad SMARTS) is 1. The summed E-state index contributed by atoms with van der Waals surface area (Å²) in [7, 11) is 0. The van der Waals surface area contributed by atoms with E-state index >= 15 is 0 Å². The fraction of sp³-hybridized carbons (Fsp3) is 0.500. The molecule has 134 valence electrons. The van der Waals surface area contributed by atoms with Crippen LogP contribution in [0.4, 0.5) is 5.69 Å². The molecule has 2 saturated heterocycles. The van der Waals surface area contributed by atoms with Crippen molar-refractivity contribution in [1.82, 2.24) is 4.90 Å². The second-order valence-corrected chi connectivity index (χ2v) is 6.45. The van der Waals surface area contributed by atoms with Gasteiger partial charge in [0, 0.05) is 24.3 Å². The van der Waals surface area contributed by atoms with Crippen LogP contribution in [0.5, 0.6) is 0 Å². The largest absolute Gasteiger partial charge is 0.479 e. The van der Waals surface area contributed by atoms with Gasteiger partial charge in [0.1, 0.15) is 6.10 Å². The highest BCUT2D eigenvalue weighted by atomic mass is 16.5. The first kappa shape index (κ1) is 17.4. The number of benzene rings is 1. The van der Waals surface area contributed by atoms with Gasteiger partial charge in [-0.2, -0.15) is 0 Å². The molecule has 0 radical (unpaired) electrons. The Kier molecular flexibility index (Phi) is 5.33. The molecule has 2 fully saturated rings. The summed E-state index contributed by atoms with van der Waals surface area (Å²) in [6.45, 7) is 1.53. The molecular formula is C18H22N2O5. The van der Waals surface area contributed by atoms with Gasteiger partial charge in [-0.05, 0) is 50.3 Å². The van der Waals surface area contributed by atoms with Crippen LogP contribution >= 0.6 is 0 Å². The maximum Gasteiger partial charge on any atom is 0.332 e. The third-order valence-electron chi connectivity index (χ3n) is 4.61. The van der Waals surface area contributed by atoms with Gasteiger partial charge >= 0.3 is 5.97 Å². The number of hydrogen-bond donors (Lipinski definition) is 2. The number of nitrogens with one attached hydrogen (secondary N) is 1. The van der Waals surface area contributed by atoms with E-state index in [4.69, 9.17) is 9.84 Å². The van der Waals surface area contributed by atoms with Crippen molar-refractivity contribution in [2.45, 2.75) is 44.3 Å². The van der Waals surface area contributed by atoms with E-state index in [1.807, 2.05) is 4.90 Å². The molecule has 7 nitrogen and oxygen atoms in total. The molecule has 0 aliphatic carbocycles. The summed E-state index contributed by atoms with van der Waals surface area (Å²) in [6, 6.07) is 6.81. The Hall–Kier alpha value is -2.41. The molecule has 0 bridgehead atoms. The van der Waals surface area contributed by atoms with Gasteiger partial charge in [0.25, 0.3) is 11.8 Å². The first-order chi connectivity index (χ1) is 12.0. The van der Waals surface area contributed by atoms with Gasteiger partial charge in [0.05, 0.1) is 0 Å². The molecule has 25 heavy (non-hydrogen) atoms. The van der Waals surface area contributed by atoms with Crippen molar-refractivity contribution in [3.63, 3.8) is 0 Å². The summed E-state index contributed by atoms with van der Waals surface area (Å²) < 4.78 is 5.24. The average molecular weight is 346 g/mol. The lowest BCUT2D eigenvalue weighted by Crippen LogP contribution is -2.35. The fourth-order valence-corrected chi connectivity index (χ4v) is 3.24. The first-order valence-electron chi connectivity index (χ1n) is 8.63. The molecule has 2 atom stereocenters. The van der Waals surface area contributed by atoms with E-state index in [1.165, 1.54) is 0 Å². The summed E-state index contributed by atoms with van der Waals surface area (Å²) >= 11 is 0. The predicted molar refractivity (Wildman–Crippen MR) is 90.4 cm³/mol. The quantitative estimate of drug-likeness (QED) is 0.868. The van der Waals surface area contributed by atoms with Crippen LogP contribution in [-0.2, 0) is 14.3 Å². The smallest absolute Gasteiger partial charge is 0.332 e. The van der Waals surface area contributed by atoms with Crippen molar-refractivity contribution in [2.75, 3.05) is 18.4 Å². The number of carbonyl (C=O) groups excluding carboxylic acids is 2. The average Bonchev–Trinajstić information content (AvgIpc) is 3.13. The zero-order valence-corrected chi connectivity index (χ0v) is 13.9. The molecule has 3 rings (SSSR count). The highest BCUT2D eigenvalue weighted by Gasteiger charge is 2.34. The molecule has 0 aromatic heterocycles. The fourth-order valence-electron chi connectivity index (χ4n) is 3.24. The zero-order chi connectivity index (χ0) is 17.8. The number of hydrogen-bond acceptors (Lipinski definition) is 4. The van der Waals surface area contributed by atoms with Crippen LogP contribution in [0.2, 0.25) is 0 Å². The minimum Gasteiger partial charge on any atom is -0.479 e. The van der Waals surface area contributed by atoms with E-state index in [-0.39, 0.29) is 11.8 Å². The molecule has 2 heterocycles. The van der Waals surface area contributed by atoms with E-state index in [0.29, 0.717) is 24.1 Å². The van der Waals surface area contributed by atoms with Crippen molar-refractivity contribution in [3.05, 3.63) is 29.8 Å². The van der Waals surface area contributed by atoms with E-state index in [2.05, 4.69) is 5.32 Å². The molecule has 0 unspecified atom stereocenters. The SMILES string of the molecule is O=C(Nc1cccc(C(=O)N2CCCCC2)c1)[C@@H]1CC[C@H](C(=O)O)O1. The van der Waals surface area contributed by atoms with Gasteiger partial charge in [0.15, 0.2) is 6.10 Å². The van der Waals surface area contributed by atoms with Crippen LogP contribution in [0, 0.1) is 0 Å². The van der Waals surface area contributed by atoms with Crippen LogP contribution in [-0.4, -0.2) is 53.1 Å². The van der Waals surface area contributed by atoms with E-state index in [9.17, 15) is 14.4 Å². The van der Waals surface area contributed by atoms with Crippen LogP contribution in [0.25, 0.3) is 0 Å². The number of carboxylic acids is 1. The minimum absolute atomic E-state index is 0.0288. The van der Waals surface area contributed by atoms with Crippen LogP contribution < -0.4 is 5.32 Å². The third kappa shape index (κ3) is 4.17. The van der Waals surface area contributed by atoms with Crippen LogP contribution in [0.3, 0.4) is 0 Å². The molecule has 0 saturated carbocycles. The number of amides is 2. The maximum absolute atomic E-state index is 12.5. The maximum atomic E-state index is 12.5. The number of ether oxygens (including phenoxy) is 1. The van der Waals surface area contributed by atoms with Gasteiger partial charge in [-0.3, -0.25) is 9.59 Å². The molecule has 2 aliphatic heterocycles. The number of likely N-dealkylation sites (tertiary alicyclic amines) is 1. The summed E-state index contributed by atoms with van der Waals surface area (Å²) in [5.41, 5.74) is 1.05. The predicted octanol–water partition coefficient (Wildman–Crippen LogP) is 1.88. The standard InChI is InChI=1S/C18H22N2O5/c21-16(14-7-8-15(25-14)18(23)24)19-13-6-4-5-12(11-13)17(22)20-9-2-1-3-10-20/h4-6,11,14-15H,1-3,7-10H2,(H,19,21)(H,23,24)/t14-,15+/m0/s1. The van der Waals surface area contributed by atoms with Crippen LogP contribution in [0.1, 0.15) is 42.5 Å². The van der Waals surface area contributed by atoms with E-state index in [1.54, 1.807) is 24.3 Å². The first-order valence-corrected chi connectivity index (χ1v) is 8.63. The Balaban J connectivity index is 1.62.